The molecule has 1 spiro atoms. The van der Waals surface area contributed by atoms with Crippen LogP contribution in [0.2, 0.25) is 0 Å². The van der Waals surface area contributed by atoms with Crippen LogP contribution in [0, 0.1) is 28.6 Å². The molecule has 4 aliphatic carbocycles. The van der Waals surface area contributed by atoms with Crippen LogP contribution in [0.25, 0.3) is 0 Å². The minimum atomic E-state index is -0.324. The van der Waals surface area contributed by atoms with Crippen LogP contribution in [0.5, 0.6) is 0 Å². The molecule has 6 atom stereocenters. The third-order valence-electron chi connectivity index (χ3n) is 9.15. The van der Waals surface area contributed by atoms with Crippen LogP contribution in [-0.2, 0) is 19.0 Å². The molecule has 0 unspecified atom stereocenters. The summed E-state index contributed by atoms with van der Waals surface area (Å²) >= 11 is 0. The van der Waals surface area contributed by atoms with Crippen LogP contribution in [0.3, 0.4) is 0 Å². The minimum absolute atomic E-state index is 0.115. The van der Waals surface area contributed by atoms with Crippen LogP contribution < -0.4 is 0 Å². The summed E-state index contributed by atoms with van der Waals surface area (Å²) in [7, 11) is 0. The number of esters is 1. The van der Waals surface area contributed by atoms with E-state index in [2.05, 4.69) is 19.9 Å². The number of hydrogen-bond donors (Lipinski definition) is 0. The molecule has 5 rings (SSSR count). The SMILES string of the molecule is CC(=O)O[C@H]1CC[C@H]2[C@H]3CC=C4CC5(CC[C@]4(C)[C@@H]3CC[C@]12C)OCCO5. The van der Waals surface area contributed by atoms with Gasteiger partial charge in [-0.15, -0.1) is 0 Å². The number of hydrogen-bond acceptors (Lipinski definition) is 4. The number of ether oxygens (including phenoxy) is 3. The van der Waals surface area contributed by atoms with Gasteiger partial charge in [-0.25, -0.2) is 0 Å². The highest BCUT2D eigenvalue weighted by atomic mass is 16.7. The Kier molecular flexibility index (Phi) is 4.08. The van der Waals surface area contributed by atoms with E-state index in [1.807, 2.05) is 0 Å². The lowest BCUT2D eigenvalue weighted by molar-refractivity contribution is -0.186. The van der Waals surface area contributed by atoms with E-state index in [1.165, 1.54) is 32.1 Å². The highest BCUT2D eigenvalue weighted by molar-refractivity contribution is 5.66. The Bertz CT molecular complexity index is 663. The summed E-state index contributed by atoms with van der Waals surface area (Å²) in [6.45, 7) is 7.96. The van der Waals surface area contributed by atoms with Crippen molar-refractivity contribution >= 4 is 5.97 Å². The Hall–Kier alpha value is -0.870. The second kappa shape index (κ2) is 6.06. The van der Waals surface area contributed by atoms with Gasteiger partial charge in [-0.2, -0.15) is 0 Å². The summed E-state index contributed by atoms with van der Waals surface area (Å²) in [5, 5.41) is 0. The highest BCUT2D eigenvalue weighted by Crippen LogP contribution is 2.66. The first-order chi connectivity index (χ1) is 12.9. The molecular weight excluding hydrogens is 340 g/mol. The molecule has 5 aliphatic rings. The third-order valence-corrected chi connectivity index (χ3v) is 9.15. The molecule has 4 fully saturated rings. The normalized spacial score (nSPS) is 47.7. The first-order valence-corrected chi connectivity index (χ1v) is 11.0. The first-order valence-electron chi connectivity index (χ1n) is 11.0. The van der Waals surface area contributed by atoms with Gasteiger partial charge in [-0.3, -0.25) is 4.79 Å². The van der Waals surface area contributed by atoms with Crippen molar-refractivity contribution in [1.29, 1.82) is 0 Å². The van der Waals surface area contributed by atoms with Crippen molar-refractivity contribution < 1.29 is 19.0 Å². The number of allylic oxidation sites excluding steroid dienone is 1. The van der Waals surface area contributed by atoms with Crippen LogP contribution in [-0.4, -0.2) is 31.1 Å². The van der Waals surface area contributed by atoms with Crippen LogP contribution in [0.15, 0.2) is 11.6 Å². The summed E-state index contributed by atoms with van der Waals surface area (Å²) < 4.78 is 17.8. The molecule has 3 saturated carbocycles. The standard InChI is InChI=1S/C23H34O4/c1-15(24)27-20-7-6-18-17-5-4-16-14-23(25-12-13-26-23)11-10-21(16,2)19(17)8-9-22(18,20)3/h4,17-20H,5-14H2,1-3H3/t17-,18+,19-,20+,21+,22+/m1/s1. The molecule has 4 nitrogen and oxygen atoms in total. The number of rotatable bonds is 1. The van der Waals surface area contributed by atoms with E-state index in [0.29, 0.717) is 11.3 Å². The third kappa shape index (κ3) is 2.58. The van der Waals surface area contributed by atoms with Gasteiger partial charge in [0.05, 0.1) is 13.2 Å². The van der Waals surface area contributed by atoms with E-state index in [-0.39, 0.29) is 23.3 Å². The van der Waals surface area contributed by atoms with Gasteiger partial charge >= 0.3 is 5.97 Å². The highest BCUT2D eigenvalue weighted by Gasteiger charge is 2.61. The fraction of sp³-hybridized carbons (Fsp3) is 0.870. The van der Waals surface area contributed by atoms with Gasteiger partial charge in [0, 0.05) is 25.2 Å². The molecule has 1 heterocycles. The zero-order chi connectivity index (χ0) is 18.9. The Morgan fingerprint density at radius 1 is 1.07 bits per heavy atom. The van der Waals surface area contributed by atoms with Crippen molar-refractivity contribution in [1.82, 2.24) is 0 Å². The average molecular weight is 375 g/mol. The van der Waals surface area contributed by atoms with Crippen LogP contribution >= 0.6 is 0 Å². The van der Waals surface area contributed by atoms with Crippen molar-refractivity contribution in [2.45, 2.75) is 84.0 Å². The van der Waals surface area contributed by atoms with Crippen molar-refractivity contribution in [2.24, 2.45) is 28.6 Å². The van der Waals surface area contributed by atoms with E-state index in [0.717, 1.165) is 44.3 Å². The monoisotopic (exact) mass is 374 g/mol. The second-order valence-corrected chi connectivity index (χ2v) is 10.3. The molecule has 0 radical (unpaired) electrons. The van der Waals surface area contributed by atoms with Crippen molar-refractivity contribution in [2.75, 3.05) is 13.2 Å². The topological polar surface area (TPSA) is 44.8 Å². The summed E-state index contributed by atoms with van der Waals surface area (Å²) in [6, 6.07) is 0. The van der Waals surface area contributed by atoms with Crippen molar-refractivity contribution in [3.05, 3.63) is 11.6 Å². The Morgan fingerprint density at radius 3 is 2.59 bits per heavy atom. The average Bonchev–Trinajstić information content (AvgIpc) is 3.21. The van der Waals surface area contributed by atoms with Crippen molar-refractivity contribution in [3.63, 3.8) is 0 Å². The van der Waals surface area contributed by atoms with Crippen LogP contribution in [0.1, 0.15) is 72.1 Å². The predicted molar refractivity (Wildman–Crippen MR) is 102 cm³/mol. The maximum atomic E-state index is 11.6. The molecule has 1 aliphatic heterocycles. The van der Waals surface area contributed by atoms with E-state index < -0.39 is 0 Å². The Morgan fingerprint density at radius 2 is 1.85 bits per heavy atom. The maximum Gasteiger partial charge on any atom is 0.302 e. The Balaban J connectivity index is 1.41. The molecule has 0 aromatic rings. The lowest BCUT2D eigenvalue weighted by atomic mass is 9.47. The molecule has 150 valence electrons. The molecular formula is C23H34O4. The fourth-order valence-corrected chi connectivity index (χ4v) is 7.69. The molecule has 4 heteroatoms. The zero-order valence-corrected chi connectivity index (χ0v) is 17.1. The van der Waals surface area contributed by atoms with Crippen molar-refractivity contribution in [3.8, 4) is 0 Å². The van der Waals surface area contributed by atoms with E-state index in [4.69, 9.17) is 14.2 Å². The second-order valence-electron chi connectivity index (χ2n) is 10.3. The van der Waals surface area contributed by atoms with E-state index in [9.17, 15) is 4.79 Å². The number of carbonyl (C=O) groups excluding carboxylic acids is 1. The smallest absolute Gasteiger partial charge is 0.302 e. The first kappa shape index (κ1) is 18.2. The van der Waals surface area contributed by atoms with Gasteiger partial charge in [0.25, 0.3) is 0 Å². The van der Waals surface area contributed by atoms with E-state index in [1.54, 1.807) is 12.5 Å². The van der Waals surface area contributed by atoms with Gasteiger partial charge in [0.15, 0.2) is 5.79 Å². The summed E-state index contributed by atoms with van der Waals surface area (Å²) in [4.78, 5) is 11.6. The van der Waals surface area contributed by atoms with Gasteiger partial charge in [0.1, 0.15) is 6.10 Å². The maximum absolute atomic E-state index is 11.6. The zero-order valence-electron chi connectivity index (χ0n) is 17.1. The Labute approximate surface area is 163 Å². The lowest BCUT2D eigenvalue weighted by Crippen LogP contribution is -2.53. The van der Waals surface area contributed by atoms with Gasteiger partial charge in [0.2, 0.25) is 0 Å². The fourth-order valence-electron chi connectivity index (χ4n) is 7.69. The lowest BCUT2D eigenvalue weighted by Gasteiger charge is -2.58. The van der Waals surface area contributed by atoms with Gasteiger partial charge < -0.3 is 14.2 Å². The summed E-state index contributed by atoms with van der Waals surface area (Å²) in [5.74, 6) is 1.73. The minimum Gasteiger partial charge on any atom is -0.462 e. The summed E-state index contributed by atoms with van der Waals surface area (Å²) in [5.41, 5.74) is 2.06. The molecule has 0 N–H and O–H groups in total. The van der Waals surface area contributed by atoms with E-state index >= 15 is 0 Å². The number of carbonyl (C=O) groups is 1. The molecule has 0 bridgehead atoms. The molecule has 0 aromatic heterocycles. The quantitative estimate of drug-likeness (QED) is 0.496. The van der Waals surface area contributed by atoms with Gasteiger partial charge in [-0.05, 0) is 61.7 Å². The predicted octanol–water partition coefficient (Wildman–Crippen LogP) is 4.62. The number of fused-ring (bicyclic) bond motifs is 5. The summed E-state index contributed by atoms with van der Waals surface area (Å²) in [6.07, 6.45) is 11.7. The van der Waals surface area contributed by atoms with Crippen LogP contribution in [0.4, 0.5) is 0 Å². The molecule has 27 heavy (non-hydrogen) atoms. The molecule has 1 saturated heterocycles. The largest absolute Gasteiger partial charge is 0.462 e. The molecule has 0 amide bonds. The molecule has 0 aromatic carbocycles. The van der Waals surface area contributed by atoms with Gasteiger partial charge in [-0.1, -0.05) is 25.5 Å².